The molecule has 1 atom stereocenters. The Hall–Kier alpha value is -0.180. The molecule has 0 saturated heterocycles. The van der Waals surface area contributed by atoms with Gasteiger partial charge in [0, 0.05) is 0 Å². The lowest BCUT2D eigenvalue weighted by Crippen LogP contribution is -1.89. The van der Waals surface area contributed by atoms with Crippen LogP contribution in [0.15, 0.2) is 30.2 Å². The monoisotopic (exact) mass is 443 g/mol. The summed E-state index contributed by atoms with van der Waals surface area (Å²) in [6.45, 7) is 0. The van der Waals surface area contributed by atoms with Crippen LogP contribution in [0.3, 0.4) is 0 Å². The molecule has 0 aliphatic rings. The van der Waals surface area contributed by atoms with Gasteiger partial charge in [0.1, 0.15) is 10.7 Å². The Morgan fingerprint density at radius 1 is 1.41 bits per heavy atom. The van der Waals surface area contributed by atoms with Crippen molar-refractivity contribution >= 4 is 65.0 Å². The van der Waals surface area contributed by atoms with Crippen LogP contribution in [-0.4, -0.2) is 4.92 Å². The maximum atomic E-state index is 10.5. The lowest BCUT2D eigenvalue weighted by atomic mass is 10.2. The fraction of sp³-hybridized carbons (Fsp3) is 0.111. The number of nitrogens with zero attached hydrogens (tertiary/aromatic N) is 1. The molecule has 8 heteroatoms. The van der Waals surface area contributed by atoms with Crippen LogP contribution < -0.4 is 0 Å². The predicted molar refractivity (Wildman–Crippen MR) is 75.9 cm³/mol. The molecular formula is C9H4Br3NO3S. The molecule has 2 rings (SSSR count). The second kappa shape index (κ2) is 5.21. The van der Waals surface area contributed by atoms with E-state index >= 15 is 0 Å². The molecule has 2 aromatic heterocycles. The molecule has 4 nitrogen and oxygen atoms in total. The van der Waals surface area contributed by atoms with Crippen LogP contribution in [-0.2, 0) is 0 Å². The summed E-state index contributed by atoms with van der Waals surface area (Å²) in [5, 5.41) is 10.5. The summed E-state index contributed by atoms with van der Waals surface area (Å²) in [6.07, 6.45) is 0. The SMILES string of the molecule is O=[N+]([O-])c1ccc(C(Br)c2cc(Br)sc2Br)o1. The maximum Gasteiger partial charge on any atom is 0.433 e. The molecular weight excluding hydrogens is 442 g/mol. The summed E-state index contributed by atoms with van der Waals surface area (Å²) in [4.78, 5) is 9.76. The van der Waals surface area contributed by atoms with Gasteiger partial charge >= 0.3 is 5.88 Å². The van der Waals surface area contributed by atoms with Crippen molar-refractivity contribution in [1.82, 2.24) is 0 Å². The Balaban J connectivity index is 2.33. The third-order valence-electron chi connectivity index (χ3n) is 2.00. The summed E-state index contributed by atoms with van der Waals surface area (Å²) in [7, 11) is 0. The fourth-order valence-electron chi connectivity index (χ4n) is 1.26. The molecule has 0 saturated carbocycles. The van der Waals surface area contributed by atoms with E-state index in [1.54, 1.807) is 6.07 Å². The summed E-state index contributed by atoms with van der Waals surface area (Å²) in [6, 6.07) is 4.87. The highest BCUT2D eigenvalue weighted by Gasteiger charge is 2.22. The van der Waals surface area contributed by atoms with Crippen LogP contribution in [0.2, 0.25) is 0 Å². The first-order valence-electron chi connectivity index (χ1n) is 4.32. The van der Waals surface area contributed by atoms with Crippen LogP contribution in [0.4, 0.5) is 5.88 Å². The first kappa shape index (κ1) is 13.3. The first-order chi connectivity index (χ1) is 7.99. The van der Waals surface area contributed by atoms with Gasteiger partial charge in [-0.25, -0.2) is 0 Å². The van der Waals surface area contributed by atoms with E-state index in [0.29, 0.717) is 5.76 Å². The normalized spacial score (nSPS) is 12.6. The van der Waals surface area contributed by atoms with Gasteiger partial charge in [-0.15, -0.1) is 11.3 Å². The van der Waals surface area contributed by atoms with Crippen molar-refractivity contribution in [3.05, 3.63) is 47.2 Å². The summed E-state index contributed by atoms with van der Waals surface area (Å²) < 4.78 is 7.07. The Bertz CT molecular complexity index is 566. The number of alkyl halides is 1. The van der Waals surface area contributed by atoms with E-state index in [1.165, 1.54) is 17.4 Å². The van der Waals surface area contributed by atoms with E-state index in [2.05, 4.69) is 47.8 Å². The standard InChI is InChI=1S/C9H4Br3NO3S/c10-6-3-4(9(12)17-6)8(11)5-1-2-7(16-5)13(14)15/h1-3,8H. The zero-order chi connectivity index (χ0) is 12.6. The smallest absolute Gasteiger partial charge is 0.404 e. The van der Waals surface area contributed by atoms with Crippen molar-refractivity contribution in [1.29, 1.82) is 0 Å². The minimum atomic E-state index is -0.554. The number of nitro groups is 1. The second-order valence-corrected chi connectivity index (χ2v) is 7.74. The number of furan rings is 1. The number of halogens is 3. The van der Waals surface area contributed by atoms with Gasteiger partial charge in [0.2, 0.25) is 0 Å². The molecule has 0 spiro atoms. The van der Waals surface area contributed by atoms with Crippen molar-refractivity contribution < 1.29 is 9.34 Å². The highest BCUT2D eigenvalue weighted by atomic mass is 79.9. The highest BCUT2D eigenvalue weighted by Crippen LogP contribution is 2.42. The minimum Gasteiger partial charge on any atom is -0.404 e. The average molecular weight is 446 g/mol. The number of thiophene rings is 1. The van der Waals surface area contributed by atoms with Crippen LogP contribution in [0, 0.1) is 10.1 Å². The van der Waals surface area contributed by atoms with Crippen molar-refractivity contribution in [3.63, 3.8) is 0 Å². The molecule has 0 fully saturated rings. The first-order valence-corrected chi connectivity index (χ1v) is 7.63. The van der Waals surface area contributed by atoms with Crippen LogP contribution in [0.5, 0.6) is 0 Å². The van der Waals surface area contributed by atoms with Gasteiger partial charge in [-0.2, -0.15) is 0 Å². The molecule has 0 bridgehead atoms. The molecule has 0 aromatic carbocycles. The molecule has 1 unspecified atom stereocenters. The quantitative estimate of drug-likeness (QED) is 0.368. The Kier molecular flexibility index (Phi) is 4.06. The minimum absolute atomic E-state index is 0.215. The predicted octanol–water partition coefficient (Wildman–Crippen LogP) is 5.26. The van der Waals surface area contributed by atoms with E-state index in [0.717, 1.165) is 13.1 Å². The highest BCUT2D eigenvalue weighted by molar-refractivity contribution is 9.12. The van der Waals surface area contributed by atoms with E-state index in [4.69, 9.17) is 4.42 Å². The topological polar surface area (TPSA) is 56.3 Å². The summed E-state index contributed by atoms with van der Waals surface area (Å²) in [5.41, 5.74) is 0.964. The molecule has 2 heterocycles. The molecule has 0 N–H and O–H groups in total. The van der Waals surface area contributed by atoms with Gasteiger partial charge in [-0.05, 0) is 49.6 Å². The fourth-order valence-corrected chi connectivity index (χ4v) is 5.22. The maximum absolute atomic E-state index is 10.5. The third kappa shape index (κ3) is 2.81. The Labute approximate surface area is 126 Å². The molecule has 0 amide bonds. The van der Waals surface area contributed by atoms with Gasteiger partial charge in [-0.3, -0.25) is 10.1 Å². The van der Waals surface area contributed by atoms with Gasteiger partial charge < -0.3 is 4.42 Å². The Morgan fingerprint density at radius 3 is 2.59 bits per heavy atom. The van der Waals surface area contributed by atoms with Gasteiger partial charge in [0.05, 0.1) is 18.5 Å². The molecule has 0 aliphatic heterocycles. The lowest BCUT2D eigenvalue weighted by molar-refractivity contribution is -0.402. The van der Waals surface area contributed by atoms with Crippen molar-refractivity contribution in [3.8, 4) is 0 Å². The summed E-state index contributed by atoms with van der Waals surface area (Å²) in [5.74, 6) is 0.248. The lowest BCUT2D eigenvalue weighted by Gasteiger charge is -2.04. The van der Waals surface area contributed by atoms with Crippen molar-refractivity contribution in [2.45, 2.75) is 4.83 Å². The van der Waals surface area contributed by atoms with Gasteiger partial charge in [-0.1, -0.05) is 15.9 Å². The van der Waals surface area contributed by atoms with Crippen LogP contribution >= 0.6 is 59.1 Å². The third-order valence-corrected chi connectivity index (χ3v) is 5.33. The van der Waals surface area contributed by atoms with Crippen LogP contribution in [0.1, 0.15) is 16.2 Å². The molecule has 0 aliphatic carbocycles. The largest absolute Gasteiger partial charge is 0.433 e. The van der Waals surface area contributed by atoms with Crippen molar-refractivity contribution in [2.24, 2.45) is 0 Å². The van der Waals surface area contributed by atoms with Crippen molar-refractivity contribution in [2.75, 3.05) is 0 Å². The van der Waals surface area contributed by atoms with E-state index < -0.39 is 4.92 Å². The van der Waals surface area contributed by atoms with Gasteiger partial charge in [0.15, 0.2) is 0 Å². The average Bonchev–Trinajstić information content (AvgIpc) is 2.84. The number of hydrogen-bond acceptors (Lipinski definition) is 4. The zero-order valence-corrected chi connectivity index (χ0v) is 13.6. The molecule has 17 heavy (non-hydrogen) atoms. The Morgan fingerprint density at radius 2 is 2.12 bits per heavy atom. The zero-order valence-electron chi connectivity index (χ0n) is 8.02. The molecule has 2 aromatic rings. The summed E-state index contributed by atoms with van der Waals surface area (Å²) >= 11 is 11.8. The molecule has 0 radical (unpaired) electrons. The van der Waals surface area contributed by atoms with Crippen LogP contribution in [0.25, 0.3) is 0 Å². The number of rotatable bonds is 3. The molecule has 90 valence electrons. The van der Waals surface area contributed by atoms with Gasteiger partial charge in [0.25, 0.3) is 0 Å². The van der Waals surface area contributed by atoms with E-state index in [-0.39, 0.29) is 10.7 Å². The second-order valence-electron chi connectivity index (χ2n) is 3.08. The van der Waals surface area contributed by atoms with E-state index in [1.807, 2.05) is 6.07 Å². The number of hydrogen-bond donors (Lipinski definition) is 0. The van der Waals surface area contributed by atoms with E-state index in [9.17, 15) is 10.1 Å².